The van der Waals surface area contributed by atoms with Gasteiger partial charge in [0, 0.05) is 5.56 Å². The van der Waals surface area contributed by atoms with Crippen molar-refractivity contribution in [1.29, 1.82) is 0 Å². The molecule has 5 heteroatoms. The van der Waals surface area contributed by atoms with Gasteiger partial charge in [0.25, 0.3) is 5.91 Å². The number of anilines is 1. The maximum Gasteiger partial charge on any atom is 0.258 e. The van der Waals surface area contributed by atoms with Gasteiger partial charge in [-0.15, -0.1) is 0 Å². The largest absolute Gasteiger partial charge is 0.497 e. The van der Waals surface area contributed by atoms with E-state index in [0.717, 1.165) is 11.1 Å². The number of carbonyl (C=O) groups excluding carboxylic acids is 1. The first-order valence-corrected chi connectivity index (χ1v) is 6.73. The van der Waals surface area contributed by atoms with E-state index in [0.29, 0.717) is 17.2 Å². The summed E-state index contributed by atoms with van der Waals surface area (Å²) in [5, 5.41) is 6.50. The van der Waals surface area contributed by atoms with Crippen LogP contribution in [0.25, 0.3) is 11.1 Å². The van der Waals surface area contributed by atoms with Crippen LogP contribution in [0.15, 0.2) is 65.3 Å². The number of benzene rings is 2. The van der Waals surface area contributed by atoms with Crippen molar-refractivity contribution in [1.82, 2.24) is 5.16 Å². The van der Waals surface area contributed by atoms with Gasteiger partial charge < -0.3 is 9.26 Å². The second-order valence-corrected chi connectivity index (χ2v) is 4.62. The maximum atomic E-state index is 12.3. The van der Waals surface area contributed by atoms with Crippen molar-refractivity contribution in [3.63, 3.8) is 0 Å². The first-order chi connectivity index (χ1) is 10.8. The molecule has 0 saturated heterocycles. The molecule has 0 unspecified atom stereocenters. The van der Waals surface area contributed by atoms with Crippen LogP contribution in [0.5, 0.6) is 5.75 Å². The molecule has 2 aromatic carbocycles. The second-order valence-electron chi connectivity index (χ2n) is 4.62. The Hall–Kier alpha value is -3.08. The number of hydrogen-bond donors (Lipinski definition) is 1. The van der Waals surface area contributed by atoms with Crippen LogP contribution >= 0.6 is 0 Å². The maximum absolute atomic E-state index is 12.3. The molecule has 0 aliphatic rings. The zero-order valence-electron chi connectivity index (χ0n) is 11.9. The molecule has 1 heterocycles. The Balaban J connectivity index is 1.81. The van der Waals surface area contributed by atoms with E-state index in [1.54, 1.807) is 37.6 Å². The van der Waals surface area contributed by atoms with Crippen molar-refractivity contribution in [2.75, 3.05) is 12.4 Å². The van der Waals surface area contributed by atoms with Gasteiger partial charge in [0.1, 0.15) is 5.75 Å². The Morgan fingerprint density at radius 1 is 1.09 bits per heavy atom. The van der Waals surface area contributed by atoms with E-state index >= 15 is 0 Å². The molecule has 0 spiro atoms. The molecule has 1 amide bonds. The zero-order chi connectivity index (χ0) is 15.4. The number of methoxy groups -OCH3 is 1. The molecule has 0 aliphatic heterocycles. The average molecular weight is 294 g/mol. The van der Waals surface area contributed by atoms with Gasteiger partial charge >= 0.3 is 0 Å². The number of carbonyl (C=O) groups is 1. The van der Waals surface area contributed by atoms with Crippen LogP contribution in [0.2, 0.25) is 0 Å². The predicted molar refractivity (Wildman–Crippen MR) is 82.9 cm³/mol. The molecule has 5 nitrogen and oxygen atoms in total. The summed E-state index contributed by atoms with van der Waals surface area (Å²) in [4.78, 5) is 12.3. The monoisotopic (exact) mass is 294 g/mol. The van der Waals surface area contributed by atoms with Crippen LogP contribution in [0.4, 0.5) is 5.88 Å². The highest BCUT2D eigenvalue weighted by molar-refractivity contribution is 6.05. The highest BCUT2D eigenvalue weighted by Gasteiger charge is 2.14. The molecule has 0 aliphatic carbocycles. The molecule has 22 heavy (non-hydrogen) atoms. The van der Waals surface area contributed by atoms with E-state index in [4.69, 9.17) is 9.26 Å². The summed E-state index contributed by atoms with van der Waals surface area (Å²) in [7, 11) is 1.58. The van der Waals surface area contributed by atoms with Crippen LogP contribution in [-0.4, -0.2) is 18.2 Å². The molecule has 1 aromatic heterocycles. The highest BCUT2D eigenvalue weighted by Crippen LogP contribution is 2.27. The lowest BCUT2D eigenvalue weighted by Gasteiger charge is -2.05. The molecule has 3 aromatic rings. The van der Waals surface area contributed by atoms with Crippen molar-refractivity contribution in [2.24, 2.45) is 0 Å². The van der Waals surface area contributed by atoms with E-state index in [1.165, 1.54) is 0 Å². The number of hydrogen-bond acceptors (Lipinski definition) is 4. The van der Waals surface area contributed by atoms with Gasteiger partial charge in [0.2, 0.25) is 5.88 Å². The van der Waals surface area contributed by atoms with Gasteiger partial charge in [-0.2, -0.15) is 0 Å². The number of ether oxygens (including phenoxy) is 1. The topological polar surface area (TPSA) is 64.4 Å². The second kappa shape index (κ2) is 6.13. The minimum Gasteiger partial charge on any atom is -0.497 e. The molecule has 0 radical (unpaired) electrons. The quantitative estimate of drug-likeness (QED) is 0.798. The molecule has 0 fully saturated rings. The van der Waals surface area contributed by atoms with Gasteiger partial charge in [0.05, 0.1) is 18.9 Å². The molecular formula is C17H14N2O3. The molecule has 0 saturated carbocycles. The van der Waals surface area contributed by atoms with E-state index in [2.05, 4.69) is 10.5 Å². The molecule has 0 bridgehead atoms. The van der Waals surface area contributed by atoms with Crippen LogP contribution < -0.4 is 10.1 Å². The van der Waals surface area contributed by atoms with Crippen LogP contribution in [-0.2, 0) is 0 Å². The molecular weight excluding hydrogens is 280 g/mol. The normalized spacial score (nSPS) is 10.2. The summed E-state index contributed by atoms with van der Waals surface area (Å²) in [6.45, 7) is 0. The third-order valence-corrected chi connectivity index (χ3v) is 3.23. The van der Waals surface area contributed by atoms with E-state index in [9.17, 15) is 4.79 Å². The number of amides is 1. The summed E-state index contributed by atoms with van der Waals surface area (Å²) in [5.74, 6) is 0.754. The fourth-order valence-electron chi connectivity index (χ4n) is 2.07. The third kappa shape index (κ3) is 2.83. The smallest absolute Gasteiger partial charge is 0.258 e. The van der Waals surface area contributed by atoms with E-state index in [1.807, 2.05) is 30.3 Å². The number of aromatic nitrogens is 1. The first kappa shape index (κ1) is 13.9. The zero-order valence-corrected chi connectivity index (χ0v) is 11.9. The highest BCUT2D eigenvalue weighted by atomic mass is 16.5. The van der Waals surface area contributed by atoms with Gasteiger partial charge in [0.15, 0.2) is 0 Å². The van der Waals surface area contributed by atoms with Crippen molar-refractivity contribution in [2.45, 2.75) is 0 Å². The lowest BCUT2D eigenvalue weighted by molar-refractivity contribution is 0.102. The Morgan fingerprint density at radius 3 is 2.50 bits per heavy atom. The van der Waals surface area contributed by atoms with E-state index < -0.39 is 0 Å². The van der Waals surface area contributed by atoms with Crippen LogP contribution in [0, 0.1) is 0 Å². The van der Waals surface area contributed by atoms with Crippen LogP contribution in [0.3, 0.4) is 0 Å². The lowest BCUT2D eigenvalue weighted by atomic mass is 10.1. The predicted octanol–water partition coefficient (Wildman–Crippen LogP) is 3.60. The summed E-state index contributed by atoms with van der Waals surface area (Å²) >= 11 is 0. The first-order valence-electron chi connectivity index (χ1n) is 6.73. The molecule has 1 N–H and O–H groups in total. The summed E-state index contributed by atoms with van der Waals surface area (Å²) in [5.41, 5.74) is 2.17. The van der Waals surface area contributed by atoms with Crippen molar-refractivity contribution in [3.8, 4) is 16.9 Å². The average Bonchev–Trinajstić information content (AvgIpc) is 3.04. The summed E-state index contributed by atoms with van der Waals surface area (Å²) in [6, 6.07) is 16.4. The number of nitrogens with zero attached hydrogens (tertiary/aromatic N) is 1. The standard InChI is InChI=1S/C17H14N2O3/c1-21-14-9-7-13(8-10-14)16(20)19-17-15(11-18-22-17)12-5-3-2-4-6-12/h2-11H,1H3,(H,19,20). The molecule has 3 rings (SSSR count). The van der Waals surface area contributed by atoms with Crippen molar-refractivity contribution in [3.05, 3.63) is 66.4 Å². The molecule has 110 valence electrons. The van der Waals surface area contributed by atoms with Gasteiger partial charge in [-0.1, -0.05) is 35.5 Å². The van der Waals surface area contributed by atoms with Gasteiger partial charge in [-0.25, -0.2) is 0 Å². The Kier molecular flexibility index (Phi) is 3.87. The fraction of sp³-hybridized carbons (Fsp3) is 0.0588. The van der Waals surface area contributed by atoms with Gasteiger partial charge in [-0.05, 0) is 29.8 Å². The van der Waals surface area contributed by atoms with Gasteiger partial charge in [-0.3, -0.25) is 10.1 Å². The minimum atomic E-state index is -0.267. The lowest BCUT2D eigenvalue weighted by Crippen LogP contribution is -2.11. The third-order valence-electron chi connectivity index (χ3n) is 3.23. The summed E-state index contributed by atoms with van der Waals surface area (Å²) in [6.07, 6.45) is 1.58. The Bertz CT molecular complexity index is 764. The van der Waals surface area contributed by atoms with Crippen LogP contribution in [0.1, 0.15) is 10.4 Å². The SMILES string of the molecule is COc1ccc(C(=O)Nc2oncc2-c2ccccc2)cc1. The summed E-state index contributed by atoms with van der Waals surface area (Å²) < 4.78 is 10.2. The molecule has 0 atom stereocenters. The van der Waals surface area contributed by atoms with Crippen molar-refractivity contribution < 1.29 is 14.1 Å². The fourth-order valence-corrected chi connectivity index (χ4v) is 2.07. The Labute approximate surface area is 127 Å². The van der Waals surface area contributed by atoms with Crippen molar-refractivity contribution >= 4 is 11.8 Å². The number of nitrogens with one attached hydrogen (secondary N) is 1. The minimum absolute atomic E-state index is 0.267. The van der Waals surface area contributed by atoms with E-state index in [-0.39, 0.29) is 5.91 Å². The number of rotatable bonds is 4. The Morgan fingerprint density at radius 2 is 1.82 bits per heavy atom.